The van der Waals surface area contributed by atoms with Crippen LogP contribution in [0.15, 0.2) is 24.3 Å². The molecule has 0 radical (unpaired) electrons. The van der Waals surface area contributed by atoms with E-state index in [4.69, 9.17) is 22.1 Å². The molecule has 0 unspecified atom stereocenters. The Hall–Kier alpha value is -1.95. The highest BCUT2D eigenvalue weighted by atomic mass is 35.5. The van der Waals surface area contributed by atoms with Gasteiger partial charge in [-0.3, -0.25) is 0 Å². The summed E-state index contributed by atoms with van der Waals surface area (Å²) in [5, 5.41) is -0.126. The average Bonchev–Trinajstić information content (AvgIpc) is 2.36. The van der Waals surface area contributed by atoms with E-state index in [0.29, 0.717) is 22.8 Å². The number of rotatable bonds is 2. The van der Waals surface area contributed by atoms with Crippen LogP contribution in [-0.4, -0.2) is 4.98 Å². The van der Waals surface area contributed by atoms with E-state index in [1.165, 1.54) is 6.07 Å². The van der Waals surface area contributed by atoms with Gasteiger partial charge in [0.05, 0.1) is 16.3 Å². The molecule has 2 rings (SSSR count). The number of anilines is 1. The number of benzene rings is 1. The molecule has 0 saturated carbocycles. The third-order valence-corrected chi connectivity index (χ3v) is 3.17. The van der Waals surface area contributed by atoms with E-state index < -0.39 is 11.7 Å². The Labute approximate surface area is 124 Å². The number of aryl methyl sites for hydroxylation is 2. The fourth-order valence-electron chi connectivity index (χ4n) is 1.68. The summed E-state index contributed by atoms with van der Waals surface area (Å²) >= 11 is 5.84. The monoisotopic (exact) mass is 316 g/mol. The van der Waals surface area contributed by atoms with Gasteiger partial charge in [0.15, 0.2) is 0 Å². The highest BCUT2D eigenvalue weighted by Crippen LogP contribution is 2.37. The second-order valence-electron chi connectivity index (χ2n) is 4.52. The summed E-state index contributed by atoms with van der Waals surface area (Å²) in [6.45, 7) is 3.44. The normalized spacial score (nSPS) is 11.5. The minimum absolute atomic E-state index is 0.124. The first-order chi connectivity index (χ1) is 9.68. The van der Waals surface area contributed by atoms with Gasteiger partial charge in [0.2, 0.25) is 0 Å². The van der Waals surface area contributed by atoms with Crippen molar-refractivity contribution in [1.29, 1.82) is 0 Å². The van der Waals surface area contributed by atoms with E-state index in [1.54, 1.807) is 19.9 Å². The fourth-order valence-corrected chi connectivity index (χ4v) is 1.90. The second-order valence-corrected chi connectivity index (χ2v) is 4.93. The molecule has 0 aliphatic heterocycles. The number of pyridine rings is 1. The van der Waals surface area contributed by atoms with Gasteiger partial charge in [-0.1, -0.05) is 11.6 Å². The molecular weight excluding hydrogens is 305 g/mol. The largest absolute Gasteiger partial charge is 0.454 e. The molecule has 0 spiro atoms. The molecule has 0 saturated heterocycles. The molecular formula is C14H12ClF3N2O. The summed E-state index contributed by atoms with van der Waals surface area (Å²) < 4.78 is 43.2. The lowest BCUT2D eigenvalue weighted by molar-refractivity contribution is -0.137. The summed E-state index contributed by atoms with van der Waals surface area (Å²) in [5.41, 5.74) is 6.06. The Bertz CT molecular complexity index is 687. The van der Waals surface area contributed by atoms with E-state index >= 15 is 0 Å². The van der Waals surface area contributed by atoms with Gasteiger partial charge in [-0.25, -0.2) is 4.98 Å². The van der Waals surface area contributed by atoms with Crippen LogP contribution in [0.3, 0.4) is 0 Å². The topological polar surface area (TPSA) is 48.1 Å². The molecule has 2 N–H and O–H groups in total. The van der Waals surface area contributed by atoms with Crippen molar-refractivity contribution in [3.8, 4) is 11.5 Å². The molecule has 1 heterocycles. The van der Waals surface area contributed by atoms with Crippen molar-refractivity contribution in [2.45, 2.75) is 20.0 Å². The Morgan fingerprint density at radius 1 is 1.14 bits per heavy atom. The van der Waals surface area contributed by atoms with Crippen LogP contribution >= 0.6 is 11.6 Å². The van der Waals surface area contributed by atoms with Crippen LogP contribution in [-0.2, 0) is 6.18 Å². The van der Waals surface area contributed by atoms with Gasteiger partial charge < -0.3 is 10.5 Å². The molecule has 0 aliphatic rings. The first kappa shape index (κ1) is 15.4. The first-order valence-corrected chi connectivity index (χ1v) is 6.34. The van der Waals surface area contributed by atoms with Crippen molar-refractivity contribution >= 4 is 17.4 Å². The maximum atomic E-state index is 12.6. The molecule has 0 aliphatic carbocycles. The smallest absolute Gasteiger partial charge is 0.416 e. The van der Waals surface area contributed by atoms with Crippen LogP contribution < -0.4 is 10.5 Å². The molecule has 112 valence electrons. The van der Waals surface area contributed by atoms with Gasteiger partial charge >= 0.3 is 6.18 Å². The Morgan fingerprint density at radius 3 is 2.38 bits per heavy atom. The van der Waals surface area contributed by atoms with Crippen molar-refractivity contribution in [2.75, 3.05) is 5.73 Å². The lowest BCUT2D eigenvalue weighted by Gasteiger charge is -2.13. The molecule has 3 nitrogen and oxygen atoms in total. The van der Waals surface area contributed by atoms with Crippen LogP contribution in [0.25, 0.3) is 0 Å². The van der Waals surface area contributed by atoms with Gasteiger partial charge in [0, 0.05) is 0 Å². The molecule has 7 heteroatoms. The second kappa shape index (κ2) is 5.44. The van der Waals surface area contributed by atoms with Gasteiger partial charge in [-0.2, -0.15) is 13.2 Å². The molecule has 0 bridgehead atoms. The quantitative estimate of drug-likeness (QED) is 0.870. The molecule has 1 aromatic carbocycles. The molecule has 2 aromatic rings. The number of nitrogen functional groups attached to an aromatic ring is 1. The van der Waals surface area contributed by atoms with Crippen LogP contribution in [0.5, 0.6) is 11.5 Å². The first-order valence-electron chi connectivity index (χ1n) is 5.97. The number of aromatic nitrogens is 1. The molecule has 0 atom stereocenters. The zero-order chi connectivity index (χ0) is 15.8. The van der Waals surface area contributed by atoms with Gasteiger partial charge in [-0.05, 0) is 43.7 Å². The van der Waals surface area contributed by atoms with Crippen LogP contribution in [0.2, 0.25) is 5.02 Å². The molecule has 0 amide bonds. The van der Waals surface area contributed by atoms with Crippen LogP contribution in [0.1, 0.15) is 16.8 Å². The van der Waals surface area contributed by atoms with E-state index in [1.807, 2.05) is 0 Å². The van der Waals surface area contributed by atoms with Crippen molar-refractivity contribution in [2.24, 2.45) is 0 Å². The number of nitrogens with two attached hydrogens (primary N) is 1. The Morgan fingerprint density at radius 2 is 1.81 bits per heavy atom. The van der Waals surface area contributed by atoms with Crippen molar-refractivity contribution < 1.29 is 17.9 Å². The van der Waals surface area contributed by atoms with Gasteiger partial charge in [0.1, 0.15) is 17.3 Å². The third-order valence-electron chi connectivity index (χ3n) is 2.88. The molecule has 21 heavy (non-hydrogen) atoms. The van der Waals surface area contributed by atoms with Crippen LogP contribution in [0, 0.1) is 13.8 Å². The maximum absolute atomic E-state index is 12.6. The average molecular weight is 317 g/mol. The highest BCUT2D eigenvalue weighted by Gasteiger charge is 2.31. The van der Waals surface area contributed by atoms with Gasteiger partial charge in [0.25, 0.3) is 0 Å². The van der Waals surface area contributed by atoms with Crippen molar-refractivity contribution in [3.63, 3.8) is 0 Å². The Balaban J connectivity index is 2.35. The van der Waals surface area contributed by atoms with Gasteiger partial charge in [-0.15, -0.1) is 0 Å². The number of hydrogen-bond acceptors (Lipinski definition) is 3. The van der Waals surface area contributed by atoms with E-state index in [-0.39, 0.29) is 10.8 Å². The number of halogens is 4. The van der Waals surface area contributed by atoms with Crippen molar-refractivity contribution in [1.82, 2.24) is 4.98 Å². The van der Waals surface area contributed by atoms with Crippen molar-refractivity contribution in [3.05, 3.63) is 46.1 Å². The third kappa shape index (κ3) is 3.39. The number of ether oxygens (including phenoxy) is 1. The molecule has 0 fully saturated rings. The molecule has 1 aromatic heterocycles. The standard InChI is InChI=1S/C14H12ClF3N2O/c1-7-5-12(8(2)20-13(7)19)21-11-4-3-9(6-10(11)15)14(16,17)18/h3-6H,1-2H3,(H2,19,20). The summed E-state index contributed by atoms with van der Waals surface area (Å²) in [7, 11) is 0. The van der Waals surface area contributed by atoms with E-state index in [9.17, 15) is 13.2 Å². The fraction of sp³-hybridized carbons (Fsp3) is 0.214. The number of nitrogens with zero attached hydrogens (tertiary/aromatic N) is 1. The zero-order valence-electron chi connectivity index (χ0n) is 11.3. The maximum Gasteiger partial charge on any atom is 0.416 e. The minimum atomic E-state index is -4.45. The summed E-state index contributed by atoms with van der Waals surface area (Å²) in [6.07, 6.45) is -4.45. The predicted octanol–water partition coefficient (Wildman–Crippen LogP) is 4.75. The zero-order valence-corrected chi connectivity index (χ0v) is 12.0. The lowest BCUT2D eigenvalue weighted by atomic mass is 10.2. The number of alkyl halides is 3. The number of hydrogen-bond donors (Lipinski definition) is 1. The summed E-state index contributed by atoms with van der Waals surface area (Å²) in [6, 6.07) is 4.57. The predicted molar refractivity (Wildman–Crippen MR) is 74.7 cm³/mol. The van der Waals surface area contributed by atoms with Crippen LogP contribution in [0.4, 0.5) is 19.0 Å². The minimum Gasteiger partial charge on any atom is -0.454 e. The summed E-state index contributed by atoms with van der Waals surface area (Å²) in [4.78, 5) is 4.09. The Kier molecular flexibility index (Phi) is 4.00. The summed E-state index contributed by atoms with van der Waals surface area (Å²) in [5.74, 6) is 0.889. The van der Waals surface area contributed by atoms with E-state index in [0.717, 1.165) is 12.1 Å². The SMILES string of the molecule is Cc1cc(Oc2ccc(C(F)(F)F)cc2Cl)c(C)nc1N. The highest BCUT2D eigenvalue weighted by molar-refractivity contribution is 6.32. The lowest BCUT2D eigenvalue weighted by Crippen LogP contribution is -2.04. The van der Waals surface area contributed by atoms with E-state index in [2.05, 4.69) is 4.98 Å².